The molecular weight excluding hydrogens is 337 g/mol. The van der Waals surface area contributed by atoms with Gasteiger partial charge in [-0.15, -0.1) is 0 Å². The second-order valence-electron chi connectivity index (χ2n) is 4.08. The standard InChI is InChI=1S/C13H15Cl2NO4S/c1-21-5-4-10(13(18)19)16-12(17)7-20-11-6-8(14)2-3-9(11)15/h2-3,6,10H,4-5,7H2,1H3,(H,16,17)(H,18,19)/p-1/t10-/m1/s1. The SMILES string of the molecule is CSCC[C@@H](NC(=O)COc1cc(Cl)ccc1Cl)C(=O)[O-]. The molecule has 21 heavy (non-hydrogen) atoms. The predicted octanol–water partition coefficient (Wildman–Crippen LogP) is 1.36. The lowest BCUT2D eigenvalue weighted by Gasteiger charge is -2.19. The number of halogens is 2. The summed E-state index contributed by atoms with van der Waals surface area (Å²) in [6.45, 7) is -0.358. The summed E-state index contributed by atoms with van der Waals surface area (Å²) in [6.07, 6.45) is 2.13. The maximum atomic E-state index is 11.7. The molecule has 0 saturated heterocycles. The number of carbonyl (C=O) groups is 2. The topological polar surface area (TPSA) is 78.5 Å². The summed E-state index contributed by atoms with van der Waals surface area (Å²) in [5.74, 6) is -1.03. The van der Waals surface area contributed by atoms with Crippen molar-refractivity contribution in [2.45, 2.75) is 12.5 Å². The van der Waals surface area contributed by atoms with Gasteiger partial charge in [-0.1, -0.05) is 23.2 Å². The lowest BCUT2D eigenvalue weighted by atomic mass is 10.2. The molecule has 5 nitrogen and oxygen atoms in total. The van der Waals surface area contributed by atoms with E-state index in [2.05, 4.69) is 5.32 Å². The molecule has 1 aromatic carbocycles. The van der Waals surface area contributed by atoms with Gasteiger partial charge < -0.3 is 20.0 Å². The van der Waals surface area contributed by atoms with Gasteiger partial charge in [0.2, 0.25) is 0 Å². The van der Waals surface area contributed by atoms with Crippen LogP contribution in [0.2, 0.25) is 10.0 Å². The van der Waals surface area contributed by atoms with Crippen molar-refractivity contribution in [2.24, 2.45) is 0 Å². The minimum atomic E-state index is -1.32. The highest BCUT2D eigenvalue weighted by atomic mass is 35.5. The summed E-state index contributed by atoms with van der Waals surface area (Å²) >= 11 is 13.2. The van der Waals surface area contributed by atoms with Crippen LogP contribution < -0.4 is 15.2 Å². The van der Waals surface area contributed by atoms with E-state index in [1.165, 1.54) is 17.8 Å². The molecule has 8 heteroatoms. The van der Waals surface area contributed by atoms with Crippen molar-refractivity contribution in [1.29, 1.82) is 0 Å². The van der Waals surface area contributed by atoms with Gasteiger partial charge >= 0.3 is 0 Å². The van der Waals surface area contributed by atoms with Gasteiger partial charge in [-0.25, -0.2) is 0 Å². The molecule has 116 valence electrons. The number of carboxylic acids is 1. The van der Waals surface area contributed by atoms with Crippen molar-refractivity contribution in [3.05, 3.63) is 28.2 Å². The second-order valence-corrected chi connectivity index (χ2v) is 5.91. The van der Waals surface area contributed by atoms with E-state index in [0.29, 0.717) is 15.8 Å². The summed E-state index contributed by atoms with van der Waals surface area (Å²) in [7, 11) is 0. The first-order valence-electron chi connectivity index (χ1n) is 6.01. The van der Waals surface area contributed by atoms with E-state index in [9.17, 15) is 14.7 Å². The molecule has 0 aliphatic rings. The predicted molar refractivity (Wildman–Crippen MR) is 81.9 cm³/mol. The van der Waals surface area contributed by atoms with Gasteiger partial charge in [0.1, 0.15) is 5.75 Å². The van der Waals surface area contributed by atoms with Crippen molar-refractivity contribution < 1.29 is 19.4 Å². The van der Waals surface area contributed by atoms with E-state index >= 15 is 0 Å². The van der Waals surface area contributed by atoms with Crippen molar-refractivity contribution in [1.82, 2.24) is 5.32 Å². The molecule has 0 radical (unpaired) electrons. The Hall–Kier alpha value is -1.11. The molecule has 1 atom stereocenters. The van der Waals surface area contributed by atoms with Crippen LogP contribution in [0.3, 0.4) is 0 Å². The molecule has 0 bridgehead atoms. The molecule has 0 fully saturated rings. The Morgan fingerprint density at radius 1 is 1.43 bits per heavy atom. The molecule has 1 N–H and O–H groups in total. The van der Waals surface area contributed by atoms with Crippen LogP contribution >= 0.6 is 35.0 Å². The molecule has 0 saturated carbocycles. The molecular formula is C13H14Cl2NO4S-. The van der Waals surface area contributed by atoms with Crippen LogP contribution in [0.1, 0.15) is 6.42 Å². The summed E-state index contributed by atoms with van der Waals surface area (Å²) in [6, 6.07) is 3.56. The first kappa shape index (κ1) is 17.9. The van der Waals surface area contributed by atoms with E-state index in [4.69, 9.17) is 27.9 Å². The van der Waals surface area contributed by atoms with Crippen LogP contribution in [-0.2, 0) is 9.59 Å². The molecule has 1 amide bonds. The van der Waals surface area contributed by atoms with E-state index in [1.807, 2.05) is 6.26 Å². The normalized spacial score (nSPS) is 11.8. The number of carbonyl (C=O) groups excluding carboxylic acids is 2. The second kappa shape index (κ2) is 9.02. The fourth-order valence-corrected chi connectivity index (χ4v) is 2.26. The number of thioether (sulfide) groups is 1. The Morgan fingerprint density at radius 3 is 2.76 bits per heavy atom. The highest BCUT2D eigenvalue weighted by molar-refractivity contribution is 7.98. The van der Waals surface area contributed by atoms with Crippen LogP contribution in [0.5, 0.6) is 5.75 Å². The Bertz CT molecular complexity index is 513. The first-order chi connectivity index (χ1) is 9.93. The summed E-state index contributed by atoms with van der Waals surface area (Å²) < 4.78 is 5.22. The average molecular weight is 351 g/mol. The first-order valence-corrected chi connectivity index (χ1v) is 8.16. The zero-order valence-corrected chi connectivity index (χ0v) is 13.6. The number of aliphatic carboxylic acids is 1. The number of ether oxygens (including phenoxy) is 1. The molecule has 0 aliphatic carbocycles. The van der Waals surface area contributed by atoms with E-state index < -0.39 is 17.9 Å². The minimum absolute atomic E-state index is 0.258. The average Bonchev–Trinajstić information content (AvgIpc) is 2.44. The van der Waals surface area contributed by atoms with E-state index in [1.54, 1.807) is 12.1 Å². The van der Waals surface area contributed by atoms with Crippen LogP contribution in [0.25, 0.3) is 0 Å². The van der Waals surface area contributed by atoms with Gasteiger partial charge in [-0.2, -0.15) is 11.8 Å². The van der Waals surface area contributed by atoms with Gasteiger partial charge in [0, 0.05) is 11.1 Å². The van der Waals surface area contributed by atoms with Gasteiger partial charge in [0.05, 0.1) is 17.0 Å². The molecule has 1 aromatic rings. The zero-order valence-electron chi connectivity index (χ0n) is 11.2. The molecule has 1 rings (SSSR count). The third-order valence-corrected chi connectivity index (χ3v) is 3.67. The number of carboxylic acid groups (broad SMARTS) is 1. The fraction of sp³-hybridized carbons (Fsp3) is 0.385. The minimum Gasteiger partial charge on any atom is -0.548 e. The zero-order chi connectivity index (χ0) is 15.8. The Kier molecular flexibility index (Phi) is 7.71. The van der Waals surface area contributed by atoms with Crippen molar-refractivity contribution in [2.75, 3.05) is 18.6 Å². The number of amides is 1. The van der Waals surface area contributed by atoms with E-state index in [0.717, 1.165) is 0 Å². The number of rotatable bonds is 8. The molecule has 0 unspecified atom stereocenters. The lowest BCUT2D eigenvalue weighted by molar-refractivity contribution is -0.308. The maximum absolute atomic E-state index is 11.7. The Morgan fingerprint density at radius 2 is 2.14 bits per heavy atom. The summed E-state index contributed by atoms with van der Waals surface area (Å²) in [5.41, 5.74) is 0. The van der Waals surface area contributed by atoms with Crippen molar-refractivity contribution in [3.8, 4) is 5.75 Å². The lowest BCUT2D eigenvalue weighted by Crippen LogP contribution is -2.49. The van der Waals surface area contributed by atoms with Crippen LogP contribution in [0.15, 0.2) is 18.2 Å². The third-order valence-electron chi connectivity index (χ3n) is 2.48. The highest BCUT2D eigenvalue weighted by Crippen LogP contribution is 2.27. The van der Waals surface area contributed by atoms with Crippen LogP contribution in [0.4, 0.5) is 0 Å². The van der Waals surface area contributed by atoms with Crippen LogP contribution in [-0.4, -0.2) is 36.5 Å². The summed E-state index contributed by atoms with van der Waals surface area (Å²) in [4.78, 5) is 22.6. The van der Waals surface area contributed by atoms with Crippen molar-refractivity contribution in [3.63, 3.8) is 0 Å². The highest BCUT2D eigenvalue weighted by Gasteiger charge is 2.14. The quantitative estimate of drug-likeness (QED) is 0.765. The maximum Gasteiger partial charge on any atom is 0.258 e. The fourth-order valence-electron chi connectivity index (χ4n) is 1.45. The third kappa shape index (κ3) is 6.46. The van der Waals surface area contributed by atoms with Crippen LogP contribution in [0, 0.1) is 0 Å². The summed E-state index contributed by atoms with van der Waals surface area (Å²) in [5, 5.41) is 14.0. The van der Waals surface area contributed by atoms with Gasteiger partial charge in [-0.05, 0) is 30.6 Å². The van der Waals surface area contributed by atoms with Gasteiger partial charge in [0.25, 0.3) is 5.91 Å². The van der Waals surface area contributed by atoms with Gasteiger partial charge in [0.15, 0.2) is 6.61 Å². The number of benzene rings is 1. The number of nitrogens with one attached hydrogen (secondary N) is 1. The molecule has 0 aromatic heterocycles. The van der Waals surface area contributed by atoms with Crippen molar-refractivity contribution >= 4 is 46.8 Å². The van der Waals surface area contributed by atoms with E-state index in [-0.39, 0.29) is 18.8 Å². The smallest absolute Gasteiger partial charge is 0.258 e. The number of hydrogen-bond donors (Lipinski definition) is 1. The Balaban J connectivity index is 2.52. The largest absolute Gasteiger partial charge is 0.548 e. The monoisotopic (exact) mass is 350 g/mol. The Labute approximate surface area is 136 Å². The molecule has 0 heterocycles. The number of hydrogen-bond acceptors (Lipinski definition) is 5. The molecule has 0 aliphatic heterocycles. The van der Waals surface area contributed by atoms with Gasteiger partial charge in [-0.3, -0.25) is 4.79 Å². The molecule has 0 spiro atoms.